The Balaban J connectivity index is 2.44. The molecule has 0 saturated carbocycles. The molecule has 0 saturated heterocycles. The predicted octanol–water partition coefficient (Wildman–Crippen LogP) is 1.53. The van der Waals surface area contributed by atoms with Crippen molar-refractivity contribution < 1.29 is 0 Å². The molecule has 0 aliphatic carbocycles. The molecule has 0 aliphatic heterocycles. The predicted molar refractivity (Wildman–Crippen MR) is 73.1 cm³/mol. The van der Waals surface area contributed by atoms with Crippen molar-refractivity contribution in [3.63, 3.8) is 0 Å². The molecule has 3 N–H and O–H groups in total. The first-order chi connectivity index (χ1) is 7.91. The lowest BCUT2D eigenvalue weighted by atomic mass is 10.2. The summed E-state index contributed by atoms with van der Waals surface area (Å²) < 4.78 is 1.72. The second-order valence-corrected chi connectivity index (χ2v) is 4.96. The van der Waals surface area contributed by atoms with Crippen molar-refractivity contribution >= 4 is 11.5 Å². The Hall–Kier alpha value is -1.23. The Kier molecular flexibility index (Phi) is 4.81. The number of nitrogens with zero attached hydrogens (tertiary/aromatic N) is 3. The normalized spacial score (nSPS) is 11.8. The number of rotatable bonds is 6. The molecule has 0 amide bonds. The molecule has 17 heavy (non-hydrogen) atoms. The fraction of sp³-hybridized carbons (Fsp3) is 0.750. The molecule has 5 nitrogen and oxygen atoms in total. The van der Waals surface area contributed by atoms with Crippen LogP contribution >= 0.6 is 0 Å². The van der Waals surface area contributed by atoms with E-state index in [0.717, 1.165) is 18.9 Å². The molecule has 0 aliphatic rings. The number of nitrogens with two attached hydrogens (primary N) is 1. The Morgan fingerprint density at radius 3 is 2.35 bits per heavy atom. The highest BCUT2D eigenvalue weighted by atomic mass is 15.3. The number of anilines is 2. The average Bonchev–Trinajstić information content (AvgIpc) is 2.51. The Bertz CT molecular complexity index is 335. The van der Waals surface area contributed by atoms with Crippen molar-refractivity contribution in [3.8, 4) is 0 Å². The first-order valence-corrected chi connectivity index (χ1v) is 6.20. The molecule has 0 atom stereocenters. The molecular formula is C12H25N5. The van der Waals surface area contributed by atoms with Crippen molar-refractivity contribution in [2.24, 2.45) is 7.05 Å². The van der Waals surface area contributed by atoms with E-state index in [-0.39, 0.29) is 0 Å². The van der Waals surface area contributed by atoms with Gasteiger partial charge in [0, 0.05) is 38.4 Å². The van der Waals surface area contributed by atoms with Gasteiger partial charge in [-0.05, 0) is 27.7 Å². The summed E-state index contributed by atoms with van der Waals surface area (Å²) in [5.74, 6) is 0.778. The summed E-state index contributed by atoms with van der Waals surface area (Å²) >= 11 is 0. The number of nitrogen functional groups attached to an aromatic ring is 1. The van der Waals surface area contributed by atoms with Crippen LogP contribution in [0.2, 0.25) is 0 Å². The summed E-state index contributed by atoms with van der Waals surface area (Å²) in [6.07, 6.45) is 1.81. The highest BCUT2D eigenvalue weighted by molar-refractivity contribution is 5.59. The van der Waals surface area contributed by atoms with E-state index < -0.39 is 0 Å². The summed E-state index contributed by atoms with van der Waals surface area (Å²) in [4.78, 5) is 2.44. The number of hydrogen-bond acceptors (Lipinski definition) is 4. The molecule has 0 radical (unpaired) electrons. The largest absolute Gasteiger partial charge is 0.394 e. The quantitative estimate of drug-likeness (QED) is 0.790. The van der Waals surface area contributed by atoms with E-state index in [1.165, 1.54) is 0 Å². The van der Waals surface area contributed by atoms with Gasteiger partial charge in [0.2, 0.25) is 0 Å². The van der Waals surface area contributed by atoms with Crippen LogP contribution in [-0.2, 0) is 7.05 Å². The standard InChI is InChI=1S/C12H25N5/c1-9(2)17(10(3)4)7-6-14-12-11(13)8-16(5)15-12/h8-10H,6-7,13H2,1-5H3,(H,14,15). The first kappa shape index (κ1) is 13.8. The van der Waals surface area contributed by atoms with Crippen LogP contribution in [0.15, 0.2) is 6.20 Å². The number of aromatic nitrogens is 2. The smallest absolute Gasteiger partial charge is 0.171 e. The monoisotopic (exact) mass is 239 g/mol. The van der Waals surface area contributed by atoms with E-state index >= 15 is 0 Å². The van der Waals surface area contributed by atoms with E-state index in [1.54, 1.807) is 4.68 Å². The summed E-state index contributed by atoms with van der Waals surface area (Å²) in [7, 11) is 1.87. The molecule has 98 valence electrons. The van der Waals surface area contributed by atoms with Crippen LogP contribution in [-0.4, -0.2) is 39.9 Å². The Morgan fingerprint density at radius 2 is 1.94 bits per heavy atom. The number of hydrogen-bond donors (Lipinski definition) is 2. The molecule has 1 heterocycles. The van der Waals surface area contributed by atoms with Crippen molar-refractivity contribution in [1.82, 2.24) is 14.7 Å². The van der Waals surface area contributed by atoms with Crippen LogP contribution < -0.4 is 11.1 Å². The number of nitrogens with one attached hydrogen (secondary N) is 1. The molecular weight excluding hydrogens is 214 g/mol. The van der Waals surface area contributed by atoms with E-state index in [2.05, 4.69) is 43.0 Å². The third-order valence-electron chi connectivity index (χ3n) is 2.85. The lowest BCUT2D eigenvalue weighted by Gasteiger charge is -2.30. The molecule has 0 aromatic carbocycles. The highest BCUT2D eigenvalue weighted by Crippen LogP contribution is 2.14. The third kappa shape index (κ3) is 3.93. The summed E-state index contributed by atoms with van der Waals surface area (Å²) in [5.41, 5.74) is 6.52. The van der Waals surface area contributed by atoms with Crippen molar-refractivity contribution in [3.05, 3.63) is 6.20 Å². The lowest BCUT2D eigenvalue weighted by molar-refractivity contribution is 0.182. The summed E-state index contributed by atoms with van der Waals surface area (Å²) in [6.45, 7) is 10.7. The van der Waals surface area contributed by atoms with Gasteiger partial charge in [0.05, 0.1) is 5.69 Å². The maximum absolute atomic E-state index is 5.82. The topological polar surface area (TPSA) is 59.1 Å². The van der Waals surface area contributed by atoms with E-state index in [9.17, 15) is 0 Å². The van der Waals surface area contributed by atoms with Gasteiger partial charge in [-0.2, -0.15) is 5.10 Å². The fourth-order valence-electron chi connectivity index (χ4n) is 2.06. The van der Waals surface area contributed by atoms with Crippen LogP contribution in [0.5, 0.6) is 0 Å². The van der Waals surface area contributed by atoms with Gasteiger partial charge in [-0.1, -0.05) is 0 Å². The van der Waals surface area contributed by atoms with Crippen LogP contribution in [0.4, 0.5) is 11.5 Å². The van der Waals surface area contributed by atoms with Crippen LogP contribution in [0.1, 0.15) is 27.7 Å². The average molecular weight is 239 g/mol. The molecule has 1 rings (SSSR count). The van der Waals surface area contributed by atoms with E-state index in [4.69, 9.17) is 5.73 Å². The minimum absolute atomic E-state index is 0.554. The molecule has 0 bridgehead atoms. The molecule has 5 heteroatoms. The first-order valence-electron chi connectivity index (χ1n) is 6.20. The van der Waals surface area contributed by atoms with Gasteiger partial charge < -0.3 is 11.1 Å². The van der Waals surface area contributed by atoms with Crippen molar-refractivity contribution in [2.75, 3.05) is 24.1 Å². The third-order valence-corrected chi connectivity index (χ3v) is 2.85. The van der Waals surface area contributed by atoms with Crippen molar-refractivity contribution in [2.45, 2.75) is 39.8 Å². The lowest BCUT2D eigenvalue weighted by Crippen LogP contribution is -2.40. The van der Waals surface area contributed by atoms with Gasteiger partial charge in [0.1, 0.15) is 0 Å². The minimum Gasteiger partial charge on any atom is -0.394 e. The summed E-state index contributed by atoms with van der Waals surface area (Å²) in [5, 5.41) is 7.53. The van der Waals surface area contributed by atoms with Crippen LogP contribution in [0.3, 0.4) is 0 Å². The van der Waals surface area contributed by atoms with E-state index in [1.807, 2.05) is 13.2 Å². The molecule has 1 aromatic heterocycles. The molecule has 0 spiro atoms. The Morgan fingerprint density at radius 1 is 1.35 bits per heavy atom. The number of aryl methyl sites for hydroxylation is 1. The second-order valence-electron chi connectivity index (χ2n) is 4.96. The second kappa shape index (κ2) is 5.91. The maximum atomic E-state index is 5.82. The van der Waals surface area contributed by atoms with Gasteiger partial charge in [-0.25, -0.2) is 0 Å². The molecule has 0 fully saturated rings. The zero-order chi connectivity index (χ0) is 13.0. The minimum atomic E-state index is 0.554. The van der Waals surface area contributed by atoms with Gasteiger partial charge in [0.25, 0.3) is 0 Å². The van der Waals surface area contributed by atoms with Gasteiger partial charge >= 0.3 is 0 Å². The highest BCUT2D eigenvalue weighted by Gasteiger charge is 2.12. The maximum Gasteiger partial charge on any atom is 0.171 e. The van der Waals surface area contributed by atoms with E-state index in [0.29, 0.717) is 17.8 Å². The van der Waals surface area contributed by atoms with Crippen LogP contribution in [0, 0.1) is 0 Å². The zero-order valence-corrected chi connectivity index (χ0v) is 11.6. The molecule has 0 unspecified atom stereocenters. The van der Waals surface area contributed by atoms with Crippen molar-refractivity contribution in [1.29, 1.82) is 0 Å². The zero-order valence-electron chi connectivity index (χ0n) is 11.6. The fourth-order valence-corrected chi connectivity index (χ4v) is 2.06. The Labute approximate surface area is 104 Å². The van der Waals surface area contributed by atoms with Gasteiger partial charge in [-0.3, -0.25) is 9.58 Å². The molecule has 1 aromatic rings. The SMILES string of the molecule is CC(C)N(CCNc1nn(C)cc1N)C(C)C. The van der Waals surface area contributed by atoms with Gasteiger partial charge in [-0.15, -0.1) is 0 Å². The van der Waals surface area contributed by atoms with Gasteiger partial charge in [0.15, 0.2) is 5.82 Å². The van der Waals surface area contributed by atoms with Crippen LogP contribution in [0.25, 0.3) is 0 Å². The summed E-state index contributed by atoms with van der Waals surface area (Å²) in [6, 6.07) is 1.11.